The van der Waals surface area contributed by atoms with Gasteiger partial charge < -0.3 is 76.5 Å². The molecule has 0 aliphatic carbocycles. The molecule has 0 aliphatic heterocycles. The predicted octanol–water partition coefficient (Wildman–Crippen LogP) is -6.31. The molecule has 0 unspecified atom stereocenters. The second kappa shape index (κ2) is 27.1. The van der Waals surface area contributed by atoms with Crippen molar-refractivity contribution >= 4 is 59.2 Å². The highest BCUT2D eigenvalue weighted by molar-refractivity contribution is 5.97. The van der Waals surface area contributed by atoms with E-state index in [1.165, 1.54) is 6.92 Å². The fraction of sp³-hybridized carbons (Fsp3) is 0.697. The molecule has 0 heterocycles. The molecule has 7 atom stereocenters. The Morgan fingerprint density at radius 2 is 1.21 bits per heavy atom. The molecule has 57 heavy (non-hydrogen) atoms. The van der Waals surface area contributed by atoms with Gasteiger partial charge in [-0.05, 0) is 57.9 Å². The fourth-order valence-electron chi connectivity index (χ4n) is 5.08. The zero-order chi connectivity index (χ0) is 43.8. The summed E-state index contributed by atoms with van der Waals surface area (Å²) in [6.07, 6.45) is -1.51. The monoisotopic (exact) mass is 815 g/mol. The number of hydrogen-bond acceptors (Lipinski definition) is 13. The van der Waals surface area contributed by atoms with Crippen molar-refractivity contribution in [1.82, 2.24) is 31.9 Å². The van der Waals surface area contributed by atoms with Crippen molar-refractivity contribution in [2.24, 2.45) is 45.3 Å². The number of hydrogen-bond donors (Lipinski definition) is 14. The van der Waals surface area contributed by atoms with E-state index in [-0.39, 0.29) is 56.9 Å². The normalized spacial score (nSPS) is 14.6. The highest BCUT2D eigenvalue weighted by atomic mass is 16.4. The number of guanidine groups is 1. The number of primary amides is 2. The number of aliphatic imine (C=N–C) groups is 1. The molecule has 20 N–H and O–H groups in total. The van der Waals surface area contributed by atoms with Crippen LogP contribution in [0.5, 0.6) is 0 Å². The summed E-state index contributed by atoms with van der Waals surface area (Å²) in [6.45, 7) is 4.16. The molecule has 0 fully saturated rings. The van der Waals surface area contributed by atoms with E-state index in [1.54, 1.807) is 13.8 Å². The first-order valence-corrected chi connectivity index (χ1v) is 18.4. The largest absolute Gasteiger partial charge is 0.480 e. The minimum atomic E-state index is -1.71. The molecule has 0 saturated heterocycles. The first-order chi connectivity index (χ1) is 26.6. The van der Waals surface area contributed by atoms with Crippen molar-refractivity contribution in [3.8, 4) is 0 Å². The number of unbranched alkanes of at least 4 members (excludes halogenated alkanes) is 1. The lowest BCUT2D eigenvalue weighted by Gasteiger charge is -2.26. The summed E-state index contributed by atoms with van der Waals surface area (Å²) in [7, 11) is 0. The minimum absolute atomic E-state index is 0.00194. The first-order valence-electron chi connectivity index (χ1n) is 18.4. The van der Waals surface area contributed by atoms with Gasteiger partial charge in [-0.25, -0.2) is 4.79 Å². The van der Waals surface area contributed by atoms with Crippen LogP contribution >= 0.6 is 0 Å². The van der Waals surface area contributed by atoms with Gasteiger partial charge in [0.25, 0.3) is 0 Å². The van der Waals surface area contributed by atoms with E-state index in [0.29, 0.717) is 19.4 Å². The number of carbonyl (C=O) groups is 9. The number of nitrogens with two attached hydrogens (primary N) is 6. The standard InChI is InChI=1S/C33H61N13O11/c1-16(2)13-22(32(56)57)45-31(55)26(17(3)47)46-25(50)15-41-28(52)21(14-24(37)49)44-29(53)19(8-6-12-40-33(38)39)43-30(54)20(9-10-23(36)48)42-27(51)18(35)7-4-5-11-34/h16-22,26,47H,4-15,34-35H2,1-3H3,(H2,36,48)(H2,37,49)(H,41,52)(H,42,51)(H,43,54)(H,44,53)(H,45,55)(H,46,50)(H,56,57)(H4,38,39,40)/t17-,18+,19+,20+,21+,22+,26+/m1/s1. The number of aliphatic hydroxyl groups is 1. The van der Waals surface area contributed by atoms with E-state index < -0.39 is 109 Å². The summed E-state index contributed by atoms with van der Waals surface area (Å²) in [6, 6.07) is -8.53. The number of carboxylic acids is 1. The maximum atomic E-state index is 13.6. The van der Waals surface area contributed by atoms with Gasteiger partial charge in [0.1, 0.15) is 30.2 Å². The molecule has 0 rings (SSSR count). The van der Waals surface area contributed by atoms with E-state index in [0.717, 1.165) is 0 Å². The summed E-state index contributed by atoms with van der Waals surface area (Å²) >= 11 is 0. The van der Waals surface area contributed by atoms with Gasteiger partial charge in [-0.15, -0.1) is 0 Å². The van der Waals surface area contributed by atoms with E-state index in [2.05, 4.69) is 36.9 Å². The van der Waals surface area contributed by atoms with Gasteiger partial charge in [-0.1, -0.05) is 20.3 Å². The Bertz CT molecular complexity index is 1420. The third kappa shape index (κ3) is 22.5. The van der Waals surface area contributed by atoms with Gasteiger partial charge in [0.15, 0.2) is 5.96 Å². The van der Waals surface area contributed by atoms with Crippen LogP contribution in [0, 0.1) is 5.92 Å². The Morgan fingerprint density at radius 3 is 1.72 bits per heavy atom. The third-order valence-corrected chi connectivity index (χ3v) is 8.06. The Labute approximate surface area is 330 Å². The van der Waals surface area contributed by atoms with Crippen molar-refractivity contribution < 1.29 is 53.4 Å². The van der Waals surface area contributed by atoms with Crippen LogP contribution in [0.1, 0.15) is 78.6 Å². The highest BCUT2D eigenvalue weighted by Crippen LogP contribution is 2.08. The molecular formula is C33H61N13O11. The summed E-state index contributed by atoms with van der Waals surface area (Å²) in [5.41, 5.74) is 32.7. The molecule has 0 radical (unpaired) electrons. The van der Waals surface area contributed by atoms with Crippen molar-refractivity contribution in [2.45, 2.75) is 121 Å². The van der Waals surface area contributed by atoms with Crippen molar-refractivity contribution in [1.29, 1.82) is 0 Å². The van der Waals surface area contributed by atoms with Gasteiger partial charge >= 0.3 is 5.97 Å². The lowest BCUT2D eigenvalue weighted by molar-refractivity contribution is -0.143. The Morgan fingerprint density at radius 1 is 0.649 bits per heavy atom. The zero-order valence-corrected chi connectivity index (χ0v) is 32.6. The molecular weight excluding hydrogens is 754 g/mol. The summed E-state index contributed by atoms with van der Waals surface area (Å²) in [5, 5.41) is 33.4. The van der Waals surface area contributed by atoms with Crippen LogP contribution in [-0.2, 0) is 43.2 Å². The van der Waals surface area contributed by atoms with Gasteiger partial charge in [-0.2, -0.15) is 0 Å². The van der Waals surface area contributed by atoms with E-state index >= 15 is 0 Å². The number of aliphatic carboxylic acids is 1. The van der Waals surface area contributed by atoms with Crippen LogP contribution in [0.3, 0.4) is 0 Å². The van der Waals surface area contributed by atoms with Gasteiger partial charge in [0.05, 0.1) is 25.1 Å². The average molecular weight is 816 g/mol. The second-order valence-corrected chi connectivity index (χ2v) is 13.7. The SMILES string of the molecule is CC(C)C[C@H](NC(=O)[C@@H](NC(=O)CNC(=O)[C@H](CC(N)=O)NC(=O)[C@H](CCCN=C(N)N)NC(=O)[C@H](CCC(N)=O)NC(=O)[C@@H](N)CCCCN)[C@@H](C)O)C(=O)O. The molecule has 8 amide bonds. The molecule has 0 saturated carbocycles. The van der Waals surface area contributed by atoms with Crippen LogP contribution in [-0.4, -0.2) is 131 Å². The number of nitrogens with zero attached hydrogens (tertiary/aromatic N) is 1. The predicted molar refractivity (Wildman–Crippen MR) is 204 cm³/mol. The topological polar surface area (TPSA) is 435 Å². The highest BCUT2D eigenvalue weighted by Gasteiger charge is 2.33. The molecule has 0 bridgehead atoms. The number of carboxylic acid groups (broad SMARTS) is 1. The van der Waals surface area contributed by atoms with Gasteiger partial charge in [0, 0.05) is 13.0 Å². The van der Waals surface area contributed by atoms with Gasteiger partial charge in [-0.3, -0.25) is 43.3 Å². The third-order valence-electron chi connectivity index (χ3n) is 8.06. The number of aliphatic hydroxyl groups excluding tert-OH is 1. The molecule has 324 valence electrons. The lowest BCUT2D eigenvalue weighted by Crippen LogP contribution is -2.59. The van der Waals surface area contributed by atoms with E-state index in [9.17, 15) is 53.4 Å². The van der Waals surface area contributed by atoms with Crippen molar-refractivity contribution in [3.05, 3.63) is 0 Å². The van der Waals surface area contributed by atoms with Gasteiger partial charge in [0.2, 0.25) is 47.3 Å². The van der Waals surface area contributed by atoms with Crippen molar-refractivity contribution in [2.75, 3.05) is 19.6 Å². The zero-order valence-electron chi connectivity index (χ0n) is 32.6. The van der Waals surface area contributed by atoms with E-state index in [4.69, 9.17) is 34.4 Å². The number of rotatable bonds is 29. The number of amides is 8. The summed E-state index contributed by atoms with van der Waals surface area (Å²) < 4.78 is 0. The second-order valence-electron chi connectivity index (χ2n) is 13.7. The molecule has 24 heteroatoms. The molecule has 0 aromatic carbocycles. The molecule has 24 nitrogen and oxygen atoms in total. The van der Waals surface area contributed by atoms with E-state index in [1.807, 2.05) is 0 Å². The summed E-state index contributed by atoms with van der Waals surface area (Å²) in [4.78, 5) is 117. The maximum Gasteiger partial charge on any atom is 0.326 e. The Kier molecular flexibility index (Phi) is 24.4. The Hall–Kier alpha value is -5.62. The van der Waals surface area contributed by atoms with Crippen LogP contribution in [0.15, 0.2) is 4.99 Å². The fourth-order valence-corrected chi connectivity index (χ4v) is 5.08. The average Bonchev–Trinajstić information content (AvgIpc) is 3.10. The molecule has 0 spiro atoms. The molecule has 0 aromatic rings. The van der Waals surface area contributed by atoms with Crippen LogP contribution in [0.4, 0.5) is 0 Å². The van der Waals surface area contributed by atoms with Crippen molar-refractivity contribution in [3.63, 3.8) is 0 Å². The lowest BCUT2D eigenvalue weighted by atomic mass is 10.0. The van der Waals surface area contributed by atoms with Crippen LogP contribution < -0.4 is 66.3 Å². The quantitative estimate of drug-likeness (QED) is 0.0190. The minimum Gasteiger partial charge on any atom is -0.480 e. The molecule has 0 aromatic heterocycles. The molecule has 0 aliphatic rings. The first kappa shape index (κ1) is 51.4. The summed E-state index contributed by atoms with van der Waals surface area (Å²) in [5.74, 6) is -9.33. The van der Waals surface area contributed by atoms with Crippen LogP contribution in [0.2, 0.25) is 0 Å². The maximum absolute atomic E-state index is 13.6. The smallest absolute Gasteiger partial charge is 0.326 e. The number of nitrogens with one attached hydrogen (secondary N) is 6. The van der Waals surface area contributed by atoms with Crippen LogP contribution in [0.25, 0.3) is 0 Å². The number of carbonyl (C=O) groups excluding carboxylic acids is 8. The Balaban J connectivity index is 6.05.